The lowest BCUT2D eigenvalue weighted by Crippen LogP contribution is -2.44. The third-order valence-corrected chi connectivity index (χ3v) is 5.74. The first kappa shape index (κ1) is 18.5. The molecule has 0 unspecified atom stereocenters. The van der Waals surface area contributed by atoms with E-state index in [2.05, 4.69) is 4.72 Å². The maximum atomic E-state index is 12.5. The average Bonchev–Trinajstić information content (AvgIpc) is 2.66. The molecule has 3 aromatic rings. The lowest BCUT2D eigenvalue weighted by Gasteiger charge is -2.19. The Kier molecular flexibility index (Phi) is 5.68. The van der Waals surface area contributed by atoms with Gasteiger partial charge in [0.2, 0.25) is 10.0 Å². The molecule has 0 aromatic heterocycles. The van der Waals surface area contributed by atoms with E-state index in [9.17, 15) is 13.5 Å². The predicted octanol–water partition coefficient (Wildman–Crippen LogP) is 2.05. The van der Waals surface area contributed by atoms with Crippen molar-refractivity contribution in [2.24, 2.45) is 5.73 Å². The summed E-state index contributed by atoms with van der Waals surface area (Å²) in [4.78, 5) is 0.167. The summed E-state index contributed by atoms with van der Waals surface area (Å²) in [5.41, 5.74) is 7.00. The van der Waals surface area contributed by atoms with Gasteiger partial charge in [0.05, 0.1) is 11.0 Å². The van der Waals surface area contributed by atoms with Gasteiger partial charge in [-0.3, -0.25) is 0 Å². The van der Waals surface area contributed by atoms with Crippen molar-refractivity contribution in [2.45, 2.75) is 23.5 Å². The monoisotopic (exact) mass is 370 g/mol. The van der Waals surface area contributed by atoms with E-state index in [1.807, 2.05) is 54.6 Å². The molecule has 4 N–H and O–H groups in total. The summed E-state index contributed by atoms with van der Waals surface area (Å²) in [6.07, 6.45) is -0.509. The molecule has 2 atom stereocenters. The van der Waals surface area contributed by atoms with Crippen LogP contribution in [0.1, 0.15) is 5.56 Å². The van der Waals surface area contributed by atoms with Gasteiger partial charge in [0.15, 0.2) is 0 Å². The van der Waals surface area contributed by atoms with Crippen LogP contribution in [0.25, 0.3) is 10.8 Å². The number of benzene rings is 3. The molecule has 0 spiro atoms. The zero-order valence-corrected chi connectivity index (χ0v) is 15.1. The third-order valence-electron chi connectivity index (χ3n) is 4.32. The molecular formula is C20H22N2O3S. The lowest BCUT2D eigenvalue weighted by molar-refractivity contribution is 0.148. The van der Waals surface area contributed by atoms with Crippen LogP contribution in [0.3, 0.4) is 0 Å². The number of hydrogen-bond donors (Lipinski definition) is 3. The zero-order chi connectivity index (χ0) is 18.6. The molecule has 0 radical (unpaired) electrons. The molecule has 0 amide bonds. The molecule has 3 rings (SSSR count). The number of aliphatic hydroxyl groups is 1. The fourth-order valence-electron chi connectivity index (χ4n) is 2.79. The molecule has 0 heterocycles. The van der Waals surface area contributed by atoms with Crippen LogP contribution in [-0.4, -0.2) is 32.2 Å². The van der Waals surface area contributed by atoms with Gasteiger partial charge in [0.25, 0.3) is 0 Å². The summed E-state index contributed by atoms with van der Waals surface area (Å²) in [6, 6.07) is 21.5. The van der Waals surface area contributed by atoms with Gasteiger partial charge >= 0.3 is 0 Å². The fourth-order valence-corrected chi connectivity index (χ4v) is 3.87. The van der Waals surface area contributed by atoms with Gasteiger partial charge in [-0.15, -0.1) is 0 Å². The summed E-state index contributed by atoms with van der Waals surface area (Å²) >= 11 is 0. The molecule has 26 heavy (non-hydrogen) atoms. The molecule has 0 bridgehead atoms. The molecule has 0 aliphatic heterocycles. The second-order valence-corrected chi connectivity index (χ2v) is 8.05. The van der Waals surface area contributed by atoms with Gasteiger partial charge < -0.3 is 10.8 Å². The lowest BCUT2D eigenvalue weighted by atomic mass is 10.0. The number of nitrogens with two attached hydrogens (primary N) is 1. The number of nitrogens with one attached hydrogen (secondary N) is 1. The molecule has 3 aromatic carbocycles. The van der Waals surface area contributed by atoms with Gasteiger partial charge in [-0.25, -0.2) is 13.1 Å². The zero-order valence-electron chi connectivity index (χ0n) is 14.2. The third kappa shape index (κ3) is 4.47. The van der Waals surface area contributed by atoms with Crippen molar-refractivity contribution in [1.29, 1.82) is 0 Å². The molecule has 0 aliphatic rings. The molecule has 5 nitrogen and oxygen atoms in total. The van der Waals surface area contributed by atoms with E-state index in [0.717, 1.165) is 16.3 Å². The Morgan fingerprint density at radius 3 is 2.31 bits per heavy atom. The summed E-state index contributed by atoms with van der Waals surface area (Å²) in [7, 11) is -3.72. The Hall–Kier alpha value is -2.25. The fraction of sp³-hybridized carbons (Fsp3) is 0.200. The van der Waals surface area contributed by atoms with E-state index in [0.29, 0.717) is 6.42 Å². The molecule has 0 saturated carbocycles. The van der Waals surface area contributed by atoms with Crippen molar-refractivity contribution in [3.05, 3.63) is 78.4 Å². The first-order chi connectivity index (χ1) is 12.5. The van der Waals surface area contributed by atoms with Crippen LogP contribution in [0.5, 0.6) is 0 Å². The van der Waals surface area contributed by atoms with Crippen LogP contribution in [0.15, 0.2) is 77.7 Å². The minimum atomic E-state index is -3.72. The van der Waals surface area contributed by atoms with Gasteiger partial charge in [0, 0.05) is 12.6 Å². The van der Waals surface area contributed by atoms with E-state index < -0.39 is 22.2 Å². The highest BCUT2D eigenvalue weighted by Crippen LogP contribution is 2.18. The number of aliphatic hydroxyl groups excluding tert-OH is 1. The Morgan fingerprint density at radius 2 is 1.58 bits per heavy atom. The van der Waals surface area contributed by atoms with Crippen molar-refractivity contribution in [3.8, 4) is 0 Å². The van der Waals surface area contributed by atoms with Crippen LogP contribution >= 0.6 is 0 Å². The Bertz CT molecular complexity index is 975. The summed E-state index contributed by atoms with van der Waals surface area (Å²) in [5.74, 6) is 0. The van der Waals surface area contributed by atoms with Gasteiger partial charge in [-0.2, -0.15) is 0 Å². The number of sulfonamides is 1. The van der Waals surface area contributed by atoms with E-state index >= 15 is 0 Å². The average molecular weight is 370 g/mol. The molecule has 6 heteroatoms. The molecular weight excluding hydrogens is 348 g/mol. The quantitative estimate of drug-likeness (QED) is 0.593. The molecule has 0 aliphatic carbocycles. The van der Waals surface area contributed by atoms with Crippen molar-refractivity contribution in [3.63, 3.8) is 0 Å². The summed E-state index contributed by atoms with van der Waals surface area (Å²) in [6.45, 7) is -0.136. The Morgan fingerprint density at radius 1 is 0.923 bits per heavy atom. The van der Waals surface area contributed by atoms with Gasteiger partial charge in [0.1, 0.15) is 0 Å². The molecule has 0 saturated heterocycles. The smallest absolute Gasteiger partial charge is 0.240 e. The Balaban J connectivity index is 1.65. The van der Waals surface area contributed by atoms with E-state index in [4.69, 9.17) is 5.73 Å². The van der Waals surface area contributed by atoms with E-state index in [1.165, 1.54) is 0 Å². The second-order valence-electron chi connectivity index (χ2n) is 6.28. The van der Waals surface area contributed by atoms with Crippen LogP contribution < -0.4 is 10.5 Å². The highest BCUT2D eigenvalue weighted by molar-refractivity contribution is 7.89. The largest absolute Gasteiger partial charge is 0.390 e. The first-order valence-electron chi connectivity index (χ1n) is 8.42. The topological polar surface area (TPSA) is 92.4 Å². The first-order valence-corrected chi connectivity index (χ1v) is 9.90. The molecule has 0 fully saturated rings. The normalized spacial score (nSPS) is 14.2. The van der Waals surface area contributed by atoms with Crippen molar-refractivity contribution >= 4 is 20.8 Å². The minimum absolute atomic E-state index is 0.136. The van der Waals surface area contributed by atoms with Gasteiger partial charge in [-0.05, 0) is 34.9 Å². The highest BCUT2D eigenvalue weighted by atomic mass is 32.2. The number of fused-ring (bicyclic) bond motifs is 1. The van der Waals surface area contributed by atoms with Crippen molar-refractivity contribution in [1.82, 2.24) is 4.72 Å². The maximum absolute atomic E-state index is 12.5. The van der Waals surface area contributed by atoms with Crippen molar-refractivity contribution < 1.29 is 13.5 Å². The second kappa shape index (κ2) is 7.97. The Labute approximate surface area is 153 Å². The summed E-state index contributed by atoms with van der Waals surface area (Å²) < 4.78 is 27.4. The van der Waals surface area contributed by atoms with Crippen LogP contribution in [0, 0.1) is 0 Å². The van der Waals surface area contributed by atoms with Crippen molar-refractivity contribution in [2.75, 3.05) is 6.54 Å². The molecule has 136 valence electrons. The van der Waals surface area contributed by atoms with Gasteiger partial charge in [-0.1, -0.05) is 60.7 Å². The minimum Gasteiger partial charge on any atom is -0.390 e. The highest BCUT2D eigenvalue weighted by Gasteiger charge is 2.20. The van der Waals surface area contributed by atoms with Crippen LogP contribution in [-0.2, 0) is 16.4 Å². The summed E-state index contributed by atoms with van der Waals surface area (Å²) in [5, 5.41) is 12.0. The van der Waals surface area contributed by atoms with E-state index in [-0.39, 0.29) is 11.4 Å². The number of hydrogen-bond acceptors (Lipinski definition) is 4. The maximum Gasteiger partial charge on any atom is 0.240 e. The predicted molar refractivity (Wildman–Crippen MR) is 103 cm³/mol. The number of rotatable bonds is 7. The van der Waals surface area contributed by atoms with Crippen LogP contribution in [0.2, 0.25) is 0 Å². The van der Waals surface area contributed by atoms with Crippen LogP contribution in [0.4, 0.5) is 0 Å². The SMILES string of the molecule is N[C@@H](Cc1ccccc1)[C@H](O)CNS(=O)(=O)c1ccc2ccccc2c1. The standard InChI is InChI=1S/C20H22N2O3S/c21-19(12-15-6-2-1-3-7-15)20(23)14-22-26(24,25)18-11-10-16-8-4-5-9-17(16)13-18/h1-11,13,19-20,22-23H,12,14,21H2/t19-,20+/m0/s1. The van der Waals surface area contributed by atoms with E-state index in [1.54, 1.807) is 18.2 Å².